The molecule has 0 atom stereocenters. The number of hydrogen-bond acceptors (Lipinski definition) is 2. The van der Waals surface area contributed by atoms with Gasteiger partial charge in [-0.15, -0.1) is 0 Å². The number of anilines is 6. The quantitative estimate of drug-likeness (QED) is 0.133. The van der Waals surface area contributed by atoms with Crippen LogP contribution >= 0.6 is 0 Å². The number of para-hydroxylation sites is 2. The highest BCUT2D eigenvalue weighted by atomic mass is 15.2. The van der Waals surface area contributed by atoms with Crippen LogP contribution in [-0.2, 0) is 43.3 Å². The molecule has 0 saturated heterocycles. The molecule has 0 unspecified atom stereocenters. The number of rotatable bonds is 9. The molecule has 542 valence electrons. The van der Waals surface area contributed by atoms with Crippen molar-refractivity contribution in [2.45, 2.75) is 209 Å². The zero-order valence-electron chi connectivity index (χ0n) is 96.3. The second kappa shape index (κ2) is 26.6. The van der Waals surface area contributed by atoms with Gasteiger partial charge in [0.2, 0.25) is 0 Å². The molecule has 107 heavy (non-hydrogen) atoms. The average molecular weight is 1430 g/mol. The highest BCUT2D eigenvalue weighted by molar-refractivity contribution is 7.00. The molecule has 0 spiro atoms. The maximum absolute atomic E-state index is 11.0. The van der Waals surface area contributed by atoms with E-state index in [1.165, 1.54) is 34.1 Å². The van der Waals surface area contributed by atoms with Gasteiger partial charge in [-0.1, -0.05) is 390 Å². The molecule has 0 aliphatic carbocycles. The lowest BCUT2D eigenvalue weighted by atomic mass is 9.33. The van der Waals surface area contributed by atoms with Crippen LogP contribution in [0.1, 0.15) is 252 Å². The van der Waals surface area contributed by atoms with Crippen LogP contribution in [0, 0.1) is 0 Å². The Kier molecular flexibility index (Phi) is 11.4. The largest absolute Gasteiger partial charge is 0.310 e. The van der Waals surface area contributed by atoms with E-state index in [9.17, 15) is 38.4 Å². The number of fused-ring (bicyclic) bond motifs is 4. The van der Waals surface area contributed by atoms with Crippen LogP contribution in [0.2, 0.25) is 0 Å². The third kappa shape index (κ3) is 14.4. The van der Waals surface area contributed by atoms with Crippen LogP contribution in [0.3, 0.4) is 0 Å². The van der Waals surface area contributed by atoms with E-state index < -0.39 is 275 Å². The van der Waals surface area contributed by atoms with Crippen molar-refractivity contribution < 1.29 is 41.1 Å². The molecule has 2 nitrogen and oxygen atoms in total. The second-order valence-electron chi connectivity index (χ2n) is 36.8. The van der Waals surface area contributed by atoms with Crippen molar-refractivity contribution in [1.29, 1.82) is 0 Å². The van der Waals surface area contributed by atoms with E-state index in [-0.39, 0.29) is 112 Å². The number of benzene rings is 12. The van der Waals surface area contributed by atoms with Gasteiger partial charge in [0.05, 0.1) is 52.5 Å². The molecule has 2 aliphatic rings. The summed E-state index contributed by atoms with van der Waals surface area (Å²) in [4.78, 5) is 3.02. The molecule has 0 N–H and O–H groups in total. The summed E-state index contributed by atoms with van der Waals surface area (Å²) >= 11 is 0. The summed E-state index contributed by atoms with van der Waals surface area (Å²) in [6.07, 6.45) is 0. The van der Waals surface area contributed by atoms with Crippen molar-refractivity contribution in [1.82, 2.24) is 0 Å². The van der Waals surface area contributed by atoms with Crippen molar-refractivity contribution in [2.75, 3.05) is 9.80 Å². The molecule has 0 fully saturated rings. The van der Waals surface area contributed by atoms with Gasteiger partial charge in [0.1, 0.15) is 0 Å². The Bertz CT molecular complexity index is 6680. The lowest BCUT2D eigenvalue weighted by molar-refractivity contribution is 0.568. The first kappa shape index (κ1) is 45.8. The standard InChI is InChI=1S/C104H113BN2/c1-97(2,3)76-47-41-68(42-48-76)84-37-31-39-86(74-55-80(101(13,14)15)64-81(56-74)102(16,17)18)95(84)106-90-59-70(66-33-27-25-28-34-66)45-51-88(90)105-89-52-46-71(67-35-29-26-30-36-67)60-91(89)107(93-62-73(61-92(106)94(93)105)72-53-78(99(7,8)9)63-79(54-72)100(10,11)12)96-85(69-43-49-77(50-44-69)98(4,5)6)38-32-40-87(96)75-57-82(103(19,20)21)65-83(58-75)104(22,23)24/h25-65H,1-24H3/i25D,26D,27D,28D,29D,30D,31D,32D,33D,34D,35D,36D,37D,38D,39D,40D,41D,42D,43D,44D,47D,48D,49D,50D,55D,56D,57D,58D,64D,65D. The Balaban J connectivity index is 1.41. The van der Waals surface area contributed by atoms with E-state index in [1.54, 1.807) is 149 Å². The van der Waals surface area contributed by atoms with Crippen LogP contribution in [0.15, 0.2) is 248 Å². The summed E-state index contributed by atoms with van der Waals surface area (Å²) in [6, 6.07) is -1.92. The molecule has 0 saturated carbocycles. The van der Waals surface area contributed by atoms with E-state index in [0.717, 1.165) is 11.1 Å². The minimum absolute atomic E-state index is 0.0436. The molecule has 0 amide bonds. The molecule has 12 aromatic carbocycles. The molecule has 2 aliphatic heterocycles. The van der Waals surface area contributed by atoms with E-state index in [0.29, 0.717) is 5.56 Å². The Morgan fingerprint density at radius 2 is 0.514 bits per heavy atom. The van der Waals surface area contributed by atoms with E-state index in [2.05, 4.69) is 6.07 Å². The molecular weight excluding hydrogens is 1290 g/mol. The number of hydrogen-bond donors (Lipinski definition) is 0. The van der Waals surface area contributed by atoms with Crippen molar-refractivity contribution >= 4 is 57.2 Å². The van der Waals surface area contributed by atoms with E-state index in [4.69, 9.17) is 2.74 Å². The normalized spacial score (nSPS) is 17.5. The van der Waals surface area contributed by atoms with E-state index in [1.807, 2.05) is 53.7 Å². The van der Waals surface area contributed by atoms with Gasteiger partial charge in [0, 0.05) is 45.0 Å². The van der Waals surface area contributed by atoms with Crippen molar-refractivity contribution in [3.8, 4) is 77.9 Å². The van der Waals surface area contributed by atoms with Crippen LogP contribution in [0.25, 0.3) is 77.9 Å². The second-order valence-corrected chi connectivity index (χ2v) is 36.8. The maximum Gasteiger partial charge on any atom is 0.252 e. The Labute approximate surface area is 685 Å². The van der Waals surface area contributed by atoms with Gasteiger partial charge in [0.15, 0.2) is 0 Å². The molecule has 0 radical (unpaired) electrons. The first-order chi connectivity index (χ1) is 62.6. The monoisotopic (exact) mass is 1430 g/mol. The van der Waals surface area contributed by atoms with Crippen LogP contribution < -0.4 is 26.2 Å². The molecule has 0 bridgehead atoms. The summed E-state index contributed by atoms with van der Waals surface area (Å²) in [5, 5.41) is 0. The number of nitrogens with zero attached hydrogens (tertiary/aromatic N) is 2. The third-order valence-electron chi connectivity index (χ3n) is 20.0. The van der Waals surface area contributed by atoms with Crippen molar-refractivity contribution in [2.24, 2.45) is 0 Å². The first-order valence-corrected chi connectivity index (χ1v) is 36.8. The minimum Gasteiger partial charge on any atom is -0.310 e. The maximum atomic E-state index is 11.0. The molecule has 0 aromatic heterocycles. The Morgan fingerprint density at radius 3 is 0.822 bits per heavy atom. The molecule has 3 heteroatoms. The predicted molar refractivity (Wildman–Crippen MR) is 468 cm³/mol. The van der Waals surface area contributed by atoms with Gasteiger partial charge in [-0.3, -0.25) is 0 Å². The SMILES string of the molecule is [2H]c1c([2H])c([2H])c(-c2ccc3c(c2)N(c2c(-c4c([2H])c([2H])c(C(C)(C)C)c([2H])c4[2H])c([2H])c([2H])c([2H])c2-c2c([2H])c(C(C)(C)C)c([2H])c(C(C)(C)C)c2[2H])c2cc(-c4cc(C(C)(C)C)cc(C(C)(C)C)c4)cc4c2B3c2ccc(-c3c([2H])c([2H])c([2H])c([2H])c3[2H])cc2N4c2c(-c3c([2H])c([2H])c(C(C)(C)C)c([2H])c3[2H])c([2H])c([2H])c([2H])c2-c2c([2H])c(C(C)(C)C)c([2H])c(C(C)(C)C)c2[2H])c([2H])c1[2H]. The highest BCUT2D eigenvalue weighted by Crippen LogP contribution is 2.56. The zero-order valence-corrected chi connectivity index (χ0v) is 66.3. The summed E-state index contributed by atoms with van der Waals surface area (Å²) < 4.78 is 307. The van der Waals surface area contributed by atoms with Gasteiger partial charge in [-0.2, -0.15) is 0 Å². The fraction of sp³-hybridized carbons (Fsp3) is 0.308. The first-order valence-electron chi connectivity index (χ1n) is 51.8. The summed E-state index contributed by atoms with van der Waals surface area (Å²) in [5.74, 6) is 0. The zero-order chi connectivity index (χ0) is 103. The topological polar surface area (TPSA) is 6.48 Å². The Morgan fingerprint density at radius 1 is 0.224 bits per heavy atom. The summed E-state index contributed by atoms with van der Waals surface area (Å²) in [7, 11) is 0. The van der Waals surface area contributed by atoms with Gasteiger partial charge < -0.3 is 9.80 Å². The highest BCUT2D eigenvalue weighted by Gasteiger charge is 2.46. The lowest BCUT2D eigenvalue weighted by Crippen LogP contribution is -2.61. The Hall–Kier alpha value is -9.70. The predicted octanol–water partition coefficient (Wildman–Crippen LogP) is 27.8. The fourth-order valence-corrected chi connectivity index (χ4v) is 13.7. The van der Waals surface area contributed by atoms with Gasteiger partial charge >= 0.3 is 0 Å². The third-order valence-corrected chi connectivity index (χ3v) is 20.0. The summed E-state index contributed by atoms with van der Waals surface area (Å²) in [5.41, 5.74) is -12.6. The van der Waals surface area contributed by atoms with Crippen molar-refractivity contribution in [3.05, 3.63) is 293 Å². The van der Waals surface area contributed by atoms with Gasteiger partial charge in [0.25, 0.3) is 6.71 Å². The molecule has 2 heterocycles. The fourth-order valence-electron chi connectivity index (χ4n) is 13.7. The summed E-state index contributed by atoms with van der Waals surface area (Å²) in [6.45, 7) is 41.9. The smallest absolute Gasteiger partial charge is 0.252 e. The molecule has 12 aromatic rings. The van der Waals surface area contributed by atoms with Crippen LogP contribution in [-0.4, -0.2) is 6.71 Å². The van der Waals surface area contributed by atoms with Gasteiger partial charge in [-0.25, -0.2) is 0 Å². The van der Waals surface area contributed by atoms with Crippen molar-refractivity contribution in [3.63, 3.8) is 0 Å². The molecular formula is C104H113BN2. The van der Waals surface area contributed by atoms with Gasteiger partial charge in [-0.05, 0) is 184 Å². The van der Waals surface area contributed by atoms with E-state index >= 15 is 0 Å². The lowest BCUT2D eigenvalue weighted by Gasteiger charge is -2.46. The average Bonchev–Trinajstić information content (AvgIpc) is 0.673. The van der Waals surface area contributed by atoms with Crippen LogP contribution in [0.4, 0.5) is 34.1 Å². The minimum atomic E-state index is -1.43. The van der Waals surface area contributed by atoms with Crippen LogP contribution in [0.5, 0.6) is 0 Å². The molecule has 14 rings (SSSR count).